The van der Waals surface area contributed by atoms with Gasteiger partial charge in [-0.15, -0.1) is 0 Å². The van der Waals surface area contributed by atoms with Gasteiger partial charge in [-0.3, -0.25) is 14.0 Å². The average molecular weight is 422 g/mol. The van der Waals surface area contributed by atoms with Crippen LogP contribution in [0.5, 0.6) is 0 Å². The number of nitrogens with zero attached hydrogens (tertiary/aromatic N) is 4. The second-order valence-corrected chi connectivity index (χ2v) is 8.10. The van der Waals surface area contributed by atoms with Crippen LogP contribution >= 0.6 is 0 Å². The monoisotopic (exact) mass is 421 g/mol. The summed E-state index contributed by atoms with van der Waals surface area (Å²) in [5.74, 6) is 0.0370. The molecule has 1 atom stereocenters. The van der Waals surface area contributed by atoms with Crippen molar-refractivity contribution in [2.24, 2.45) is 0 Å². The molecule has 2 saturated heterocycles. The highest BCUT2D eigenvalue weighted by molar-refractivity contribution is 6.02. The van der Waals surface area contributed by atoms with Crippen LogP contribution in [-0.2, 0) is 9.53 Å². The molecule has 2 fully saturated rings. The molecular formula is C23H27N5O3. The molecule has 4 heterocycles. The average Bonchev–Trinajstić information content (AvgIpc) is 3.31. The van der Waals surface area contributed by atoms with E-state index in [4.69, 9.17) is 9.72 Å². The molecule has 1 amide bonds. The molecule has 0 spiro atoms. The van der Waals surface area contributed by atoms with Crippen LogP contribution in [-0.4, -0.2) is 47.6 Å². The fraction of sp³-hybridized carbons (Fsp3) is 0.478. The summed E-state index contributed by atoms with van der Waals surface area (Å²) in [6, 6.07) is 5.66. The number of anilines is 1. The molecular weight excluding hydrogens is 394 g/mol. The van der Waals surface area contributed by atoms with E-state index in [2.05, 4.69) is 10.2 Å². The van der Waals surface area contributed by atoms with Gasteiger partial charge in [-0.2, -0.15) is 5.26 Å². The van der Waals surface area contributed by atoms with Crippen LogP contribution in [0.1, 0.15) is 43.2 Å². The minimum absolute atomic E-state index is 0.0243. The van der Waals surface area contributed by atoms with E-state index < -0.39 is 5.91 Å². The van der Waals surface area contributed by atoms with Crippen molar-refractivity contribution in [3.05, 3.63) is 45.4 Å². The van der Waals surface area contributed by atoms with Crippen molar-refractivity contribution < 1.29 is 9.53 Å². The number of hydrogen-bond acceptors (Lipinski definition) is 6. The molecule has 2 aromatic rings. The van der Waals surface area contributed by atoms with E-state index in [0.29, 0.717) is 24.6 Å². The number of carbonyl (C=O) groups excluding carboxylic acids is 1. The molecule has 1 unspecified atom stereocenters. The van der Waals surface area contributed by atoms with Gasteiger partial charge < -0.3 is 15.0 Å². The van der Waals surface area contributed by atoms with Gasteiger partial charge in [0, 0.05) is 32.4 Å². The third-order valence-corrected chi connectivity index (χ3v) is 5.89. The maximum absolute atomic E-state index is 13.4. The Morgan fingerprint density at radius 3 is 2.87 bits per heavy atom. The fourth-order valence-electron chi connectivity index (χ4n) is 4.17. The Morgan fingerprint density at radius 2 is 2.16 bits per heavy atom. The summed E-state index contributed by atoms with van der Waals surface area (Å²) < 4.78 is 7.00. The van der Waals surface area contributed by atoms with E-state index in [9.17, 15) is 14.9 Å². The Labute approximate surface area is 181 Å². The summed E-state index contributed by atoms with van der Waals surface area (Å²) >= 11 is 0. The lowest BCUT2D eigenvalue weighted by atomic mass is 10.1. The topological polar surface area (TPSA) is 99.7 Å². The zero-order valence-corrected chi connectivity index (χ0v) is 17.8. The molecule has 4 rings (SSSR count). The number of rotatable bonds is 5. The van der Waals surface area contributed by atoms with Crippen molar-refractivity contribution in [3.63, 3.8) is 0 Å². The van der Waals surface area contributed by atoms with Gasteiger partial charge in [0.05, 0.1) is 11.7 Å². The number of aryl methyl sites for hydroxylation is 1. The SMILES string of the molecule is Cc1cccn2c(=O)c(/C=C(\C#N)C(=O)NCC3CCCO3)c(N3CCCCC3)nc12. The van der Waals surface area contributed by atoms with E-state index in [0.717, 1.165) is 50.8 Å². The van der Waals surface area contributed by atoms with Gasteiger partial charge in [0.25, 0.3) is 11.5 Å². The quantitative estimate of drug-likeness (QED) is 0.587. The lowest BCUT2D eigenvalue weighted by Crippen LogP contribution is -2.34. The number of nitrogens with one attached hydrogen (secondary N) is 1. The van der Waals surface area contributed by atoms with Crippen molar-refractivity contribution in [1.29, 1.82) is 5.26 Å². The Kier molecular flexibility index (Phi) is 6.33. The van der Waals surface area contributed by atoms with Gasteiger partial charge in [0.2, 0.25) is 0 Å². The van der Waals surface area contributed by atoms with E-state index in [1.165, 1.54) is 10.5 Å². The molecule has 0 aliphatic carbocycles. The zero-order valence-electron chi connectivity index (χ0n) is 17.8. The third kappa shape index (κ3) is 4.47. The largest absolute Gasteiger partial charge is 0.376 e. The summed E-state index contributed by atoms with van der Waals surface area (Å²) in [7, 11) is 0. The van der Waals surface area contributed by atoms with Crippen LogP contribution in [0.3, 0.4) is 0 Å². The number of pyridine rings is 1. The molecule has 8 nitrogen and oxygen atoms in total. The molecule has 162 valence electrons. The first-order valence-corrected chi connectivity index (χ1v) is 10.9. The summed E-state index contributed by atoms with van der Waals surface area (Å²) in [5.41, 5.74) is 1.36. The summed E-state index contributed by atoms with van der Waals surface area (Å²) in [6.45, 7) is 4.55. The third-order valence-electron chi connectivity index (χ3n) is 5.89. The highest BCUT2D eigenvalue weighted by atomic mass is 16.5. The molecule has 0 radical (unpaired) electrons. The van der Waals surface area contributed by atoms with E-state index in [1.807, 2.05) is 19.1 Å². The molecule has 2 aliphatic rings. The van der Waals surface area contributed by atoms with E-state index >= 15 is 0 Å². The number of aromatic nitrogens is 2. The molecule has 0 bridgehead atoms. The number of piperidine rings is 1. The maximum atomic E-state index is 13.4. The van der Waals surface area contributed by atoms with Crippen LogP contribution in [0, 0.1) is 18.3 Å². The molecule has 0 aromatic carbocycles. The Bertz CT molecular complexity index is 1100. The van der Waals surface area contributed by atoms with Crippen LogP contribution in [0.15, 0.2) is 28.7 Å². The van der Waals surface area contributed by atoms with Crippen molar-refractivity contribution in [2.45, 2.75) is 45.1 Å². The normalized spacial score (nSPS) is 19.4. The van der Waals surface area contributed by atoms with Crippen molar-refractivity contribution >= 4 is 23.4 Å². The standard InChI is InChI=1S/C23H27N5O3/c1-16-7-5-11-28-20(16)26-21(27-9-3-2-4-10-27)19(23(28)30)13-17(14-24)22(29)25-15-18-8-6-12-31-18/h5,7,11,13,18H,2-4,6,8-10,12,15H2,1H3,(H,25,29)/b17-13+. The number of amides is 1. The van der Waals surface area contributed by atoms with Crippen LogP contribution in [0.4, 0.5) is 5.82 Å². The highest BCUT2D eigenvalue weighted by Crippen LogP contribution is 2.23. The van der Waals surface area contributed by atoms with Gasteiger partial charge in [-0.05, 0) is 56.7 Å². The Morgan fingerprint density at radius 1 is 1.35 bits per heavy atom. The number of carbonyl (C=O) groups is 1. The Hall–Kier alpha value is -3.18. The molecule has 31 heavy (non-hydrogen) atoms. The lowest BCUT2D eigenvalue weighted by Gasteiger charge is -2.29. The summed E-state index contributed by atoms with van der Waals surface area (Å²) in [5, 5.41) is 12.4. The fourth-order valence-corrected chi connectivity index (χ4v) is 4.17. The second kappa shape index (κ2) is 9.31. The van der Waals surface area contributed by atoms with Gasteiger partial charge in [-0.25, -0.2) is 4.98 Å². The van der Waals surface area contributed by atoms with Crippen molar-refractivity contribution in [2.75, 3.05) is 31.1 Å². The predicted octanol–water partition coefficient (Wildman–Crippen LogP) is 2.20. The molecule has 2 aromatic heterocycles. The van der Waals surface area contributed by atoms with Gasteiger partial charge >= 0.3 is 0 Å². The lowest BCUT2D eigenvalue weighted by molar-refractivity contribution is -0.117. The zero-order chi connectivity index (χ0) is 21.8. The number of nitriles is 1. The molecule has 2 aliphatic heterocycles. The van der Waals surface area contributed by atoms with Crippen LogP contribution in [0.2, 0.25) is 0 Å². The van der Waals surface area contributed by atoms with Crippen molar-refractivity contribution in [3.8, 4) is 6.07 Å². The molecule has 0 saturated carbocycles. The number of ether oxygens (including phenoxy) is 1. The van der Waals surface area contributed by atoms with Gasteiger partial charge in [-0.1, -0.05) is 6.07 Å². The van der Waals surface area contributed by atoms with E-state index in [-0.39, 0.29) is 22.8 Å². The maximum Gasteiger partial charge on any atom is 0.267 e. The predicted molar refractivity (Wildman–Crippen MR) is 118 cm³/mol. The molecule has 8 heteroatoms. The first kappa shape index (κ1) is 21.1. The van der Waals surface area contributed by atoms with Crippen molar-refractivity contribution in [1.82, 2.24) is 14.7 Å². The summed E-state index contributed by atoms with van der Waals surface area (Å²) in [4.78, 5) is 32.9. The molecule has 1 N–H and O–H groups in total. The highest BCUT2D eigenvalue weighted by Gasteiger charge is 2.22. The number of fused-ring (bicyclic) bond motifs is 1. The van der Waals surface area contributed by atoms with Crippen LogP contribution in [0.25, 0.3) is 11.7 Å². The van der Waals surface area contributed by atoms with Gasteiger partial charge in [0.1, 0.15) is 23.1 Å². The second-order valence-electron chi connectivity index (χ2n) is 8.10. The number of hydrogen-bond donors (Lipinski definition) is 1. The first-order valence-electron chi connectivity index (χ1n) is 10.9. The van der Waals surface area contributed by atoms with E-state index in [1.54, 1.807) is 12.3 Å². The Balaban J connectivity index is 1.74. The minimum Gasteiger partial charge on any atom is -0.376 e. The van der Waals surface area contributed by atoms with Crippen LogP contribution < -0.4 is 15.8 Å². The summed E-state index contributed by atoms with van der Waals surface area (Å²) in [6.07, 6.45) is 8.07. The minimum atomic E-state index is -0.503. The smallest absolute Gasteiger partial charge is 0.267 e. The first-order chi connectivity index (χ1) is 15.1. The van der Waals surface area contributed by atoms with Gasteiger partial charge in [0.15, 0.2) is 0 Å².